The number of hydrogen-bond acceptors (Lipinski definition) is 3. The molecule has 0 fully saturated rings. The van der Waals surface area contributed by atoms with Crippen LogP contribution in [0.1, 0.15) is 16.1 Å². The van der Waals surface area contributed by atoms with E-state index in [-0.39, 0.29) is 11.4 Å². The van der Waals surface area contributed by atoms with Crippen molar-refractivity contribution in [2.45, 2.75) is 5.88 Å². The van der Waals surface area contributed by atoms with Gasteiger partial charge < -0.3 is 9.88 Å². The number of carbonyl (C=O) groups excluding carboxylic acids is 1. The van der Waals surface area contributed by atoms with Crippen molar-refractivity contribution >= 4 is 28.9 Å². The van der Waals surface area contributed by atoms with E-state index in [1.165, 1.54) is 16.8 Å². The van der Waals surface area contributed by atoms with Crippen LogP contribution in [-0.2, 0) is 12.9 Å². The maximum atomic E-state index is 12.0. The predicted molar refractivity (Wildman–Crippen MR) is 76.0 cm³/mol. The molecule has 2 aromatic rings. The second-order valence-corrected chi connectivity index (χ2v) is 4.50. The molecule has 1 aromatic heterocycles. The number of amides is 1. The maximum absolute atomic E-state index is 12.0. The maximum Gasteiger partial charge on any atom is 0.287 e. The highest BCUT2D eigenvalue weighted by atomic mass is 35.5. The first-order valence-corrected chi connectivity index (χ1v) is 6.31. The van der Waals surface area contributed by atoms with E-state index in [1.807, 2.05) is 0 Å². The lowest BCUT2D eigenvalue weighted by Crippen LogP contribution is -2.15. The van der Waals surface area contributed by atoms with E-state index in [2.05, 4.69) is 5.32 Å². The lowest BCUT2D eigenvalue weighted by molar-refractivity contribution is -0.384. The van der Waals surface area contributed by atoms with Crippen molar-refractivity contribution in [3.05, 3.63) is 57.9 Å². The molecular weight excluding hydrogens is 282 g/mol. The van der Waals surface area contributed by atoms with Crippen LogP contribution in [0, 0.1) is 10.1 Å². The van der Waals surface area contributed by atoms with Crippen molar-refractivity contribution in [1.29, 1.82) is 0 Å². The summed E-state index contributed by atoms with van der Waals surface area (Å²) in [5.41, 5.74) is 1.65. The van der Waals surface area contributed by atoms with E-state index in [1.54, 1.807) is 31.3 Å². The Hall–Kier alpha value is -2.34. The van der Waals surface area contributed by atoms with Gasteiger partial charge in [0.25, 0.3) is 11.6 Å². The molecule has 1 N–H and O–H groups in total. The Morgan fingerprint density at radius 1 is 1.40 bits per heavy atom. The van der Waals surface area contributed by atoms with Gasteiger partial charge in [0, 0.05) is 24.7 Å². The van der Waals surface area contributed by atoms with Crippen molar-refractivity contribution in [1.82, 2.24) is 4.57 Å². The van der Waals surface area contributed by atoms with Gasteiger partial charge in [0.15, 0.2) is 0 Å². The number of nitrogens with one attached hydrogen (secondary N) is 1. The van der Waals surface area contributed by atoms with Crippen molar-refractivity contribution < 1.29 is 9.72 Å². The summed E-state index contributed by atoms with van der Waals surface area (Å²) in [7, 11) is 1.58. The van der Waals surface area contributed by atoms with Gasteiger partial charge in [-0.05, 0) is 17.7 Å². The number of rotatable bonds is 4. The molecule has 0 atom stereocenters. The number of nitro groups is 1. The lowest BCUT2D eigenvalue weighted by atomic mass is 10.2. The van der Waals surface area contributed by atoms with Crippen LogP contribution in [0.4, 0.5) is 11.4 Å². The summed E-state index contributed by atoms with van der Waals surface area (Å²) in [6.45, 7) is 0. The molecular formula is C13H12ClN3O3. The average Bonchev–Trinajstić information content (AvgIpc) is 2.82. The molecule has 20 heavy (non-hydrogen) atoms. The summed E-state index contributed by atoms with van der Waals surface area (Å²) in [6.07, 6.45) is 1.30. The van der Waals surface area contributed by atoms with Gasteiger partial charge in [0.05, 0.1) is 11.1 Å². The van der Waals surface area contributed by atoms with Crippen LogP contribution < -0.4 is 5.32 Å². The largest absolute Gasteiger partial charge is 0.340 e. The summed E-state index contributed by atoms with van der Waals surface area (Å²) in [5, 5.41) is 13.3. The minimum absolute atomic E-state index is 0.116. The van der Waals surface area contributed by atoms with Gasteiger partial charge in [0.1, 0.15) is 5.69 Å². The lowest BCUT2D eigenvalue weighted by Gasteiger charge is -2.06. The van der Waals surface area contributed by atoms with Gasteiger partial charge >= 0.3 is 0 Å². The third-order valence-electron chi connectivity index (χ3n) is 2.80. The van der Waals surface area contributed by atoms with E-state index >= 15 is 0 Å². The molecule has 2 rings (SSSR count). The van der Waals surface area contributed by atoms with Gasteiger partial charge in [-0.1, -0.05) is 12.1 Å². The first-order chi connectivity index (χ1) is 9.51. The fourth-order valence-corrected chi connectivity index (χ4v) is 1.92. The number of alkyl halides is 1. The molecule has 0 aliphatic rings. The molecule has 0 spiro atoms. The number of aryl methyl sites for hydroxylation is 1. The van der Waals surface area contributed by atoms with Crippen LogP contribution in [0.3, 0.4) is 0 Å². The fourth-order valence-electron chi connectivity index (χ4n) is 1.74. The summed E-state index contributed by atoms with van der Waals surface area (Å²) in [5.74, 6) is -0.00247. The topological polar surface area (TPSA) is 77.2 Å². The van der Waals surface area contributed by atoms with Crippen molar-refractivity contribution in [2.24, 2.45) is 7.05 Å². The molecule has 0 bridgehead atoms. The molecule has 0 saturated heterocycles. The number of benzene rings is 1. The van der Waals surface area contributed by atoms with Crippen LogP contribution in [0.5, 0.6) is 0 Å². The van der Waals surface area contributed by atoms with E-state index in [0.717, 1.165) is 5.56 Å². The summed E-state index contributed by atoms with van der Waals surface area (Å²) in [4.78, 5) is 22.2. The smallest absolute Gasteiger partial charge is 0.287 e. The van der Waals surface area contributed by atoms with Crippen molar-refractivity contribution in [3.63, 3.8) is 0 Å². The molecule has 104 valence electrons. The SMILES string of the molecule is Cn1cc([N+](=O)[O-])cc1C(=O)Nc1ccc(CCl)cc1. The number of hydrogen-bond donors (Lipinski definition) is 1. The number of carbonyl (C=O) groups is 1. The zero-order chi connectivity index (χ0) is 14.7. The molecule has 7 heteroatoms. The first-order valence-electron chi connectivity index (χ1n) is 5.78. The molecule has 1 heterocycles. The van der Waals surface area contributed by atoms with Gasteiger partial charge in [-0.3, -0.25) is 14.9 Å². The second-order valence-electron chi connectivity index (χ2n) is 4.24. The summed E-state index contributed by atoms with van der Waals surface area (Å²) < 4.78 is 1.42. The van der Waals surface area contributed by atoms with Gasteiger partial charge in [-0.25, -0.2) is 0 Å². The van der Waals surface area contributed by atoms with Gasteiger partial charge in [-0.15, -0.1) is 11.6 Å². The van der Waals surface area contributed by atoms with E-state index in [4.69, 9.17) is 11.6 Å². The van der Waals surface area contributed by atoms with Crippen molar-refractivity contribution in [3.8, 4) is 0 Å². The fraction of sp³-hybridized carbons (Fsp3) is 0.154. The monoisotopic (exact) mass is 293 g/mol. The number of halogens is 1. The Kier molecular flexibility index (Phi) is 4.05. The summed E-state index contributed by atoms with van der Waals surface area (Å²) >= 11 is 5.68. The second kappa shape index (κ2) is 5.75. The third-order valence-corrected chi connectivity index (χ3v) is 3.11. The number of anilines is 1. The Morgan fingerprint density at radius 2 is 2.05 bits per heavy atom. The van der Waals surface area contributed by atoms with Gasteiger partial charge in [0.2, 0.25) is 0 Å². The average molecular weight is 294 g/mol. The molecule has 6 nitrogen and oxygen atoms in total. The van der Waals surface area contributed by atoms with E-state index in [0.29, 0.717) is 11.6 Å². The zero-order valence-electron chi connectivity index (χ0n) is 10.7. The van der Waals surface area contributed by atoms with E-state index < -0.39 is 10.8 Å². The van der Waals surface area contributed by atoms with Crippen molar-refractivity contribution in [2.75, 3.05) is 5.32 Å². The van der Waals surface area contributed by atoms with Crippen LogP contribution in [0.2, 0.25) is 0 Å². The minimum atomic E-state index is -0.536. The Balaban J connectivity index is 2.16. The Morgan fingerprint density at radius 3 is 2.55 bits per heavy atom. The Labute approximate surface area is 120 Å². The number of nitrogens with zero attached hydrogens (tertiary/aromatic N) is 2. The van der Waals surface area contributed by atoms with Crippen LogP contribution in [0.25, 0.3) is 0 Å². The van der Waals surface area contributed by atoms with E-state index in [9.17, 15) is 14.9 Å². The molecule has 0 aliphatic carbocycles. The normalized spacial score (nSPS) is 10.3. The van der Waals surface area contributed by atoms with Crippen LogP contribution >= 0.6 is 11.6 Å². The van der Waals surface area contributed by atoms with Crippen LogP contribution in [-0.4, -0.2) is 15.4 Å². The first kappa shape index (κ1) is 14.1. The molecule has 0 unspecified atom stereocenters. The zero-order valence-corrected chi connectivity index (χ0v) is 11.4. The van der Waals surface area contributed by atoms with Crippen LogP contribution in [0.15, 0.2) is 36.5 Å². The Bertz CT molecular complexity index is 649. The molecule has 1 amide bonds. The standard InChI is InChI=1S/C13H12ClN3O3/c1-16-8-11(17(19)20)6-12(16)13(18)15-10-4-2-9(7-14)3-5-10/h2-6,8H,7H2,1H3,(H,15,18). The highest BCUT2D eigenvalue weighted by molar-refractivity contribution is 6.17. The molecule has 1 aromatic carbocycles. The predicted octanol–water partition coefficient (Wildman–Crippen LogP) is 2.92. The molecule has 0 radical (unpaired) electrons. The number of aromatic nitrogens is 1. The van der Waals surface area contributed by atoms with Gasteiger partial charge in [-0.2, -0.15) is 0 Å². The highest BCUT2D eigenvalue weighted by Gasteiger charge is 2.17. The summed E-state index contributed by atoms with van der Waals surface area (Å²) in [6, 6.07) is 8.30. The minimum Gasteiger partial charge on any atom is -0.340 e. The highest BCUT2D eigenvalue weighted by Crippen LogP contribution is 2.17. The molecule has 0 saturated carbocycles. The third kappa shape index (κ3) is 2.97. The quantitative estimate of drug-likeness (QED) is 0.535. The molecule has 0 aliphatic heterocycles.